The van der Waals surface area contributed by atoms with Gasteiger partial charge in [-0.1, -0.05) is 18.2 Å². The van der Waals surface area contributed by atoms with E-state index in [2.05, 4.69) is 9.46 Å². The molecule has 9 heteroatoms. The molecule has 0 unspecified atom stereocenters. The molecule has 0 amide bonds. The number of esters is 1. The highest BCUT2D eigenvalue weighted by Gasteiger charge is 2.14. The van der Waals surface area contributed by atoms with E-state index in [0.717, 1.165) is 6.07 Å². The van der Waals surface area contributed by atoms with Crippen molar-refractivity contribution in [2.75, 3.05) is 11.8 Å². The molecule has 8 nitrogen and oxygen atoms in total. The minimum absolute atomic E-state index is 0.107. The van der Waals surface area contributed by atoms with E-state index in [-0.39, 0.29) is 17.1 Å². The van der Waals surface area contributed by atoms with Crippen molar-refractivity contribution in [3.8, 4) is 0 Å². The van der Waals surface area contributed by atoms with E-state index in [0.29, 0.717) is 11.1 Å². The van der Waals surface area contributed by atoms with Gasteiger partial charge >= 0.3 is 5.97 Å². The second-order valence-corrected chi connectivity index (χ2v) is 6.58. The molecule has 0 spiro atoms. The zero-order valence-corrected chi connectivity index (χ0v) is 13.4. The normalized spacial score (nSPS) is 10.9. The van der Waals surface area contributed by atoms with E-state index in [9.17, 15) is 23.3 Å². The standard InChI is InChI=1S/C15H14N2O6S/c1-23-15(18)12-7-5-11(6-8-12)10-24(21,22)16-13-3-2-4-14(9-13)17(19)20/h2-9,16H,10H2,1H3. The van der Waals surface area contributed by atoms with Crippen LogP contribution in [0.2, 0.25) is 0 Å². The Labute approximate surface area is 138 Å². The molecule has 2 aromatic carbocycles. The number of hydrogen-bond donors (Lipinski definition) is 1. The van der Waals surface area contributed by atoms with Crippen molar-refractivity contribution in [2.45, 2.75) is 5.75 Å². The Hall–Kier alpha value is -2.94. The Bertz CT molecular complexity index is 862. The number of nitro groups is 1. The van der Waals surface area contributed by atoms with Crippen molar-refractivity contribution in [1.29, 1.82) is 0 Å². The lowest BCUT2D eigenvalue weighted by molar-refractivity contribution is -0.384. The molecule has 1 N–H and O–H groups in total. The largest absolute Gasteiger partial charge is 0.465 e. The second-order valence-electron chi connectivity index (χ2n) is 4.86. The number of carbonyl (C=O) groups excluding carboxylic acids is 1. The number of ether oxygens (including phenoxy) is 1. The van der Waals surface area contributed by atoms with Gasteiger partial charge in [0.1, 0.15) is 0 Å². The molecule has 2 rings (SSSR count). The first-order valence-corrected chi connectivity index (χ1v) is 8.38. The van der Waals surface area contributed by atoms with E-state index in [1.165, 1.54) is 49.6 Å². The Kier molecular flexibility index (Phi) is 5.14. The fourth-order valence-electron chi connectivity index (χ4n) is 1.97. The van der Waals surface area contributed by atoms with Gasteiger partial charge in [-0.05, 0) is 23.8 Å². The maximum Gasteiger partial charge on any atom is 0.337 e. The summed E-state index contributed by atoms with van der Waals surface area (Å²) in [6.07, 6.45) is 0. The average Bonchev–Trinajstić information content (AvgIpc) is 2.54. The van der Waals surface area contributed by atoms with Crippen LogP contribution >= 0.6 is 0 Å². The van der Waals surface area contributed by atoms with Gasteiger partial charge in [0.15, 0.2) is 0 Å². The van der Waals surface area contributed by atoms with Crippen LogP contribution in [0.4, 0.5) is 11.4 Å². The van der Waals surface area contributed by atoms with Crippen molar-refractivity contribution >= 4 is 27.4 Å². The molecule has 126 valence electrons. The van der Waals surface area contributed by atoms with Gasteiger partial charge in [0.25, 0.3) is 5.69 Å². The quantitative estimate of drug-likeness (QED) is 0.485. The fraction of sp³-hybridized carbons (Fsp3) is 0.133. The highest BCUT2D eigenvalue weighted by Crippen LogP contribution is 2.19. The minimum atomic E-state index is -3.76. The topological polar surface area (TPSA) is 116 Å². The number of benzene rings is 2. The van der Waals surface area contributed by atoms with Crippen molar-refractivity contribution in [1.82, 2.24) is 0 Å². The zero-order valence-electron chi connectivity index (χ0n) is 12.6. The van der Waals surface area contributed by atoms with Crippen molar-refractivity contribution in [3.05, 3.63) is 69.8 Å². The van der Waals surface area contributed by atoms with E-state index in [1.54, 1.807) is 0 Å². The summed E-state index contributed by atoms with van der Waals surface area (Å²) in [5.41, 5.74) is 0.666. The van der Waals surface area contributed by atoms with E-state index in [4.69, 9.17) is 0 Å². The van der Waals surface area contributed by atoms with Gasteiger partial charge in [-0.3, -0.25) is 14.8 Å². The van der Waals surface area contributed by atoms with E-state index >= 15 is 0 Å². The van der Waals surface area contributed by atoms with Crippen molar-refractivity contribution < 1.29 is 22.9 Å². The SMILES string of the molecule is COC(=O)c1ccc(CS(=O)(=O)Nc2cccc([N+](=O)[O-])c2)cc1. The Morgan fingerprint density at radius 1 is 1.21 bits per heavy atom. The average molecular weight is 350 g/mol. The number of anilines is 1. The predicted molar refractivity (Wildman–Crippen MR) is 87.1 cm³/mol. The van der Waals surface area contributed by atoms with Gasteiger partial charge in [0.05, 0.1) is 29.0 Å². The maximum atomic E-state index is 12.2. The van der Waals surface area contributed by atoms with Crippen LogP contribution in [0.5, 0.6) is 0 Å². The lowest BCUT2D eigenvalue weighted by atomic mass is 10.1. The summed E-state index contributed by atoms with van der Waals surface area (Å²) in [5.74, 6) is -0.851. The first kappa shape index (κ1) is 17.4. The van der Waals surface area contributed by atoms with Gasteiger partial charge in [-0.2, -0.15) is 0 Å². The molecule has 0 atom stereocenters. The number of carbonyl (C=O) groups is 1. The lowest BCUT2D eigenvalue weighted by Crippen LogP contribution is -2.15. The highest BCUT2D eigenvalue weighted by molar-refractivity contribution is 7.91. The van der Waals surface area contributed by atoms with Crippen LogP contribution in [-0.2, 0) is 20.5 Å². The molecule has 24 heavy (non-hydrogen) atoms. The molecule has 0 radical (unpaired) electrons. The van der Waals surface area contributed by atoms with Crippen LogP contribution in [-0.4, -0.2) is 26.4 Å². The minimum Gasteiger partial charge on any atom is -0.465 e. The smallest absolute Gasteiger partial charge is 0.337 e. The third-order valence-electron chi connectivity index (χ3n) is 3.06. The zero-order chi connectivity index (χ0) is 17.7. The van der Waals surface area contributed by atoms with Crippen LogP contribution in [0.15, 0.2) is 48.5 Å². The monoisotopic (exact) mass is 350 g/mol. The summed E-state index contributed by atoms with van der Waals surface area (Å²) in [4.78, 5) is 21.4. The predicted octanol–water partition coefficient (Wildman–Crippen LogP) is 2.32. The number of nitro benzene ring substituents is 1. The Balaban J connectivity index is 2.12. The summed E-state index contributed by atoms with van der Waals surface area (Å²) in [6, 6.07) is 11.1. The van der Waals surface area contributed by atoms with Crippen LogP contribution in [0.3, 0.4) is 0 Å². The van der Waals surface area contributed by atoms with Gasteiger partial charge in [0.2, 0.25) is 10.0 Å². The highest BCUT2D eigenvalue weighted by atomic mass is 32.2. The number of hydrogen-bond acceptors (Lipinski definition) is 6. The van der Waals surface area contributed by atoms with Crippen molar-refractivity contribution in [2.24, 2.45) is 0 Å². The summed E-state index contributed by atoms with van der Waals surface area (Å²) in [5, 5.41) is 10.7. The number of nitrogens with zero attached hydrogens (tertiary/aromatic N) is 1. The summed E-state index contributed by atoms with van der Waals surface area (Å²) in [7, 11) is -2.50. The molecule has 2 aromatic rings. The number of sulfonamides is 1. The third kappa shape index (κ3) is 4.53. The molecular formula is C15H14N2O6S. The first-order valence-electron chi connectivity index (χ1n) is 6.73. The molecule has 0 heterocycles. The van der Waals surface area contributed by atoms with Gasteiger partial charge in [0, 0.05) is 12.1 Å². The van der Waals surface area contributed by atoms with E-state index < -0.39 is 20.9 Å². The molecule has 0 saturated carbocycles. The second kappa shape index (κ2) is 7.09. The third-order valence-corrected chi connectivity index (χ3v) is 4.32. The number of methoxy groups -OCH3 is 1. The maximum absolute atomic E-state index is 12.2. The molecule has 0 fully saturated rings. The molecule has 0 aromatic heterocycles. The summed E-state index contributed by atoms with van der Waals surface area (Å²) >= 11 is 0. The van der Waals surface area contributed by atoms with Crippen LogP contribution < -0.4 is 4.72 Å². The number of nitrogens with one attached hydrogen (secondary N) is 1. The van der Waals surface area contributed by atoms with Gasteiger partial charge < -0.3 is 4.74 Å². The molecular weight excluding hydrogens is 336 g/mol. The van der Waals surface area contributed by atoms with Gasteiger partial charge in [-0.25, -0.2) is 13.2 Å². The lowest BCUT2D eigenvalue weighted by Gasteiger charge is -2.08. The van der Waals surface area contributed by atoms with Crippen LogP contribution in [0.1, 0.15) is 15.9 Å². The first-order chi connectivity index (χ1) is 11.3. The van der Waals surface area contributed by atoms with Crippen LogP contribution in [0, 0.1) is 10.1 Å². The Morgan fingerprint density at radius 3 is 2.46 bits per heavy atom. The summed E-state index contributed by atoms with van der Waals surface area (Å²) < 4.78 is 31.2. The number of rotatable bonds is 6. The molecule has 0 aliphatic rings. The Morgan fingerprint density at radius 2 is 1.88 bits per heavy atom. The molecule has 0 bridgehead atoms. The summed E-state index contributed by atoms with van der Waals surface area (Å²) in [6.45, 7) is 0. The van der Waals surface area contributed by atoms with E-state index in [1.807, 2.05) is 0 Å². The fourth-order valence-corrected chi connectivity index (χ4v) is 3.16. The van der Waals surface area contributed by atoms with Gasteiger partial charge in [-0.15, -0.1) is 0 Å². The number of non-ortho nitro benzene ring substituents is 1. The molecule has 0 aliphatic heterocycles. The van der Waals surface area contributed by atoms with Crippen LogP contribution in [0.25, 0.3) is 0 Å². The molecule has 0 aliphatic carbocycles. The van der Waals surface area contributed by atoms with Crippen molar-refractivity contribution in [3.63, 3.8) is 0 Å². The molecule has 0 saturated heterocycles.